The van der Waals surface area contributed by atoms with Gasteiger partial charge < -0.3 is 15.8 Å². The molecule has 1 aliphatic heterocycles. The molecule has 0 aliphatic carbocycles. The number of aliphatic imine (C=N–C) groups is 1. The number of anilines is 1. The van der Waals surface area contributed by atoms with Crippen LogP contribution < -0.4 is 11.1 Å². The summed E-state index contributed by atoms with van der Waals surface area (Å²) in [6.45, 7) is 3.79. The summed E-state index contributed by atoms with van der Waals surface area (Å²) in [6.07, 6.45) is -0.0487. The van der Waals surface area contributed by atoms with E-state index in [4.69, 9.17) is 10.5 Å². The number of nitrogens with one attached hydrogen (secondary N) is 1. The van der Waals surface area contributed by atoms with Crippen LogP contribution in [0.25, 0.3) is 0 Å². The average molecular weight is 341 g/mol. The summed E-state index contributed by atoms with van der Waals surface area (Å²) in [5, 5.41) is 2.64. The van der Waals surface area contributed by atoms with Crippen LogP contribution in [0.3, 0.4) is 0 Å². The number of thioether (sulfide) groups is 1. The topological polar surface area (TPSA) is 111 Å². The number of carbonyl (C=O) groups is 3. The number of esters is 1. The molecular formula is C13H15N3O4S2. The molecule has 0 saturated carbocycles. The molecule has 2 heterocycles. The number of ether oxygens (including phenoxy) is 1. The van der Waals surface area contributed by atoms with Crippen molar-refractivity contribution in [2.24, 2.45) is 10.7 Å². The second-order valence-electron chi connectivity index (χ2n) is 4.47. The first-order chi connectivity index (χ1) is 10.4. The Morgan fingerprint density at radius 2 is 2.23 bits per heavy atom. The molecule has 1 aromatic heterocycles. The molecule has 1 atom stereocenters. The van der Waals surface area contributed by atoms with E-state index in [0.717, 1.165) is 16.6 Å². The Kier molecular flexibility index (Phi) is 5.19. The molecule has 7 nitrogen and oxygen atoms in total. The minimum atomic E-state index is -0.605. The van der Waals surface area contributed by atoms with Crippen molar-refractivity contribution >= 4 is 51.1 Å². The first kappa shape index (κ1) is 16.5. The zero-order valence-corrected chi connectivity index (χ0v) is 13.7. The highest BCUT2D eigenvalue weighted by Crippen LogP contribution is 2.29. The summed E-state index contributed by atoms with van der Waals surface area (Å²) in [4.78, 5) is 39.8. The highest BCUT2D eigenvalue weighted by molar-refractivity contribution is 8.15. The number of amidine groups is 1. The Morgan fingerprint density at radius 3 is 2.82 bits per heavy atom. The van der Waals surface area contributed by atoms with Crippen LogP contribution in [0.15, 0.2) is 11.1 Å². The summed E-state index contributed by atoms with van der Waals surface area (Å²) in [6, 6.07) is 1.66. The number of thiophene rings is 1. The third-order valence-electron chi connectivity index (χ3n) is 2.73. The number of rotatable bonds is 5. The lowest BCUT2D eigenvalue weighted by molar-refractivity contribution is -0.121. The SMILES string of the molecule is CCOC(=O)c1cc(C)sc1NC(=O)C[C@H]1SC(N)=NC1=O. The largest absolute Gasteiger partial charge is 0.462 e. The molecule has 0 bridgehead atoms. The fourth-order valence-electron chi connectivity index (χ4n) is 1.85. The van der Waals surface area contributed by atoms with Gasteiger partial charge in [-0.05, 0) is 19.9 Å². The first-order valence-electron chi connectivity index (χ1n) is 6.52. The smallest absolute Gasteiger partial charge is 0.341 e. The van der Waals surface area contributed by atoms with Crippen molar-refractivity contribution in [3.8, 4) is 0 Å². The summed E-state index contributed by atoms with van der Waals surface area (Å²) < 4.78 is 4.95. The average Bonchev–Trinajstić information content (AvgIpc) is 2.93. The Bertz CT molecular complexity index is 654. The van der Waals surface area contributed by atoms with Crippen LogP contribution in [-0.4, -0.2) is 34.8 Å². The van der Waals surface area contributed by atoms with Gasteiger partial charge in [0.2, 0.25) is 5.91 Å². The van der Waals surface area contributed by atoms with Crippen molar-refractivity contribution in [1.82, 2.24) is 0 Å². The zero-order chi connectivity index (χ0) is 16.3. The van der Waals surface area contributed by atoms with E-state index < -0.39 is 17.1 Å². The van der Waals surface area contributed by atoms with Crippen molar-refractivity contribution in [1.29, 1.82) is 0 Å². The summed E-state index contributed by atoms with van der Waals surface area (Å²) in [5.41, 5.74) is 5.76. The second kappa shape index (κ2) is 6.93. The third-order valence-corrected chi connectivity index (χ3v) is 4.68. The van der Waals surface area contributed by atoms with Gasteiger partial charge in [0.25, 0.3) is 5.91 Å². The fourth-order valence-corrected chi connectivity index (χ4v) is 3.58. The highest BCUT2D eigenvalue weighted by atomic mass is 32.2. The molecule has 0 unspecified atom stereocenters. The van der Waals surface area contributed by atoms with Crippen LogP contribution in [0.4, 0.5) is 5.00 Å². The van der Waals surface area contributed by atoms with E-state index in [2.05, 4.69) is 10.3 Å². The van der Waals surface area contributed by atoms with Crippen LogP contribution in [0.1, 0.15) is 28.6 Å². The third kappa shape index (κ3) is 3.86. The number of hydrogen-bond acceptors (Lipinski definition) is 7. The van der Waals surface area contributed by atoms with Gasteiger partial charge in [0.1, 0.15) is 10.3 Å². The summed E-state index contributed by atoms with van der Waals surface area (Å²) in [7, 11) is 0. The Labute approximate surface area is 135 Å². The van der Waals surface area contributed by atoms with Crippen molar-refractivity contribution in [2.45, 2.75) is 25.5 Å². The summed E-state index contributed by atoms with van der Waals surface area (Å²) >= 11 is 2.34. The lowest BCUT2D eigenvalue weighted by Gasteiger charge is -2.08. The standard InChI is InChI=1S/C13H15N3O4S2/c1-3-20-12(19)7-4-6(2)21-11(7)15-9(17)5-8-10(18)16-13(14)22-8/h4,8H,3,5H2,1-2H3,(H,15,17)(H2,14,16,18)/t8-/m1/s1. The van der Waals surface area contributed by atoms with Gasteiger partial charge in [0, 0.05) is 11.3 Å². The van der Waals surface area contributed by atoms with Crippen LogP contribution in [0, 0.1) is 6.92 Å². The van der Waals surface area contributed by atoms with Crippen molar-refractivity contribution in [2.75, 3.05) is 11.9 Å². The zero-order valence-electron chi connectivity index (χ0n) is 12.0. The van der Waals surface area contributed by atoms with E-state index in [1.165, 1.54) is 11.3 Å². The lowest BCUT2D eigenvalue weighted by Crippen LogP contribution is -2.22. The van der Waals surface area contributed by atoms with E-state index in [9.17, 15) is 14.4 Å². The van der Waals surface area contributed by atoms with E-state index >= 15 is 0 Å². The van der Waals surface area contributed by atoms with Gasteiger partial charge in [-0.1, -0.05) is 11.8 Å². The molecule has 3 N–H and O–H groups in total. The van der Waals surface area contributed by atoms with Crippen molar-refractivity contribution in [3.05, 3.63) is 16.5 Å². The second-order valence-corrected chi connectivity index (χ2v) is 6.95. The first-order valence-corrected chi connectivity index (χ1v) is 8.22. The van der Waals surface area contributed by atoms with Gasteiger partial charge in [0.05, 0.1) is 12.2 Å². The number of aryl methyl sites for hydroxylation is 1. The number of nitrogens with zero attached hydrogens (tertiary/aromatic N) is 1. The Morgan fingerprint density at radius 1 is 1.50 bits per heavy atom. The van der Waals surface area contributed by atoms with Crippen LogP contribution in [0.5, 0.6) is 0 Å². The van der Waals surface area contributed by atoms with E-state index in [1.807, 2.05) is 6.92 Å². The maximum absolute atomic E-state index is 12.0. The molecule has 22 heavy (non-hydrogen) atoms. The normalized spacial score (nSPS) is 17.3. The Hall–Kier alpha value is -1.87. The molecule has 1 aromatic rings. The fraction of sp³-hybridized carbons (Fsp3) is 0.385. The minimum Gasteiger partial charge on any atom is -0.462 e. The van der Waals surface area contributed by atoms with Gasteiger partial charge in [-0.2, -0.15) is 4.99 Å². The van der Waals surface area contributed by atoms with E-state index in [0.29, 0.717) is 10.6 Å². The Balaban J connectivity index is 2.03. The van der Waals surface area contributed by atoms with Crippen LogP contribution >= 0.6 is 23.1 Å². The molecule has 1 aliphatic rings. The van der Waals surface area contributed by atoms with Crippen molar-refractivity contribution in [3.63, 3.8) is 0 Å². The molecule has 0 radical (unpaired) electrons. The number of amides is 2. The van der Waals surface area contributed by atoms with Crippen LogP contribution in [0.2, 0.25) is 0 Å². The number of nitrogens with two attached hydrogens (primary N) is 1. The summed E-state index contributed by atoms with van der Waals surface area (Å²) in [5.74, 6) is -1.27. The molecule has 2 amide bonds. The molecule has 0 spiro atoms. The van der Waals surface area contributed by atoms with Gasteiger partial charge >= 0.3 is 5.97 Å². The molecule has 2 rings (SSSR count). The predicted octanol–water partition coefficient (Wildman–Crippen LogP) is 1.52. The minimum absolute atomic E-state index is 0.0487. The highest BCUT2D eigenvalue weighted by Gasteiger charge is 2.29. The molecule has 0 saturated heterocycles. The van der Waals surface area contributed by atoms with Crippen molar-refractivity contribution < 1.29 is 19.1 Å². The van der Waals surface area contributed by atoms with Gasteiger partial charge in [-0.15, -0.1) is 11.3 Å². The molecule has 0 aromatic carbocycles. The maximum atomic E-state index is 12.0. The molecule has 0 fully saturated rings. The number of hydrogen-bond donors (Lipinski definition) is 2. The maximum Gasteiger partial charge on any atom is 0.341 e. The van der Waals surface area contributed by atoms with Gasteiger partial charge in [-0.3, -0.25) is 9.59 Å². The monoisotopic (exact) mass is 341 g/mol. The van der Waals surface area contributed by atoms with Gasteiger partial charge in [-0.25, -0.2) is 4.79 Å². The molecular weight excluding hydrogens is 326 g/mol. The molecule has 118 valence electrons. The van der Waals surface area contributed by atoms with Gasteiger partial charge in [0.15, 0.2) is 5.17 Å². The predicted molar refractivity (Wildman–Crippen MR) is 86.3 cm³/mol. The quantitative estimate of drug-likeness (QED) is 0.786. The number of carbonyl (C=O) groups excluding carboxylic acids is 3. The lowest BCUT2D eigenvalue weighted by atomic mass is 10.2. The van der Waals surface area contributed by atoms with E-state index in [1.54, 1.807) is 13.0 Å². The van der Waals surface area contributed by atoms with E-state index in [-0.39, 0.29) is 24.1 Å². The molecule has 9 heteroatoms. The van der Waals surface area contributed by atoms with Crippen LogP contribution in [-0.2, 0) is 14.3 Å².